The Hall–Kier alpha value is -3.08. The molecule has 0 aliphatic rings. The highest BCUT2D eigenvalue weighted by Crippen LogP contribution is 2.24. The van der Waals surface area contributed by atoms with Crippen LogP contribution in [-0.2, 0) is 4.79 Å². The summed E-state index contributed by atoms with van der Waals surface area (Å²) in [6.07, 6.45) is 1.56. The zero-order valence-electron chi connectivity index (χ0n) is 13.8. The smallest absolute Gasteiger partial charge is 0.248 e. The fraction of sp³-hybridized carbons (Fsp3) is 0.158. The summed E-state index contributed by atoms with van der Waals surface area (Å²) in [6.45, 7) is 3.67. The second-order valence-electron chi connectivity index (χ2n) is 5.43. The Morgan fingerprint density at radius 1 is 1.21 bits per heavy atom. The Labute approximate surface area is 140 Å². The molecule has 1 N–H and O–H groups in total. The van der Waals surface area contributed by atoms with Gasteiger partial charge in [-0.2, -0.15) is 0 Å². The number of amides is 1. The quantitative estimate of drug-likeness (QED) is 0.732. The SMILES string of the molecule is COc1ccc(/C(C)=C/C(=O)Nc2cccc3nc(C)oc23)cc1. The molecule has 0 unspecified atom stereocenters. The van der Waals surface area contributed by atoms with Crippen molar-refractivity contribution in [1.29, 1.82) is 0 Å². The van der Waals surface area contributed by atoms with Gasteiger partial charge in [0.05, 0.1) is 12.8 Å². The van der Waals surface area contributed by atoms with Crippen LogP contribution >= 0.6 is 0 Å². The van der Waals surface area contributed by atoms with Crippen LogP contribution in [0.2, 0.25) is 0 Å². The van der Waals surface area contributed by atoms with Crippen molar-refractivity contribution in [2.24, 2.45) is 0 Å². The summed E-state index contributed by atoms with van der Waals surface area (Å²) in [5.74, 6) is 1.13. The van der Waals surface area contributed by atoms with Crippen molar-refractivity contribution in [3.8, 4) is 5.75 Å². The largest absolute Gasteiger partial charge is 0.497 e. The first-order chi connectivity index (χ1) is 11.6. The monoisotopic (exact) mass is 322 g/mol. The number of allylic oxidation sites excluding steroid dienone is 1. The van der Waals surface area contributed by atoms with Gasteiger partial charge in [0.2, 0.25) is 5.91 Å². The minimum atomic E-state index is -0.218. The highest BCUT2D eigenvalue weighted by molar-refractivity contribution is 6.07. The Kier molecular flexibility index (Phi) is 4.33. The number of oxazole rings is 1. The molecule has 3 aromatic rings. The standard InChI is InChI=1S/C19H18N2O3/c1-12(14-7-9-15(23-3)10-8-14)11-18(22)21-17-6-4-5-16-19(17)24-13(2)20-16/h4-11H,1-3H3,(H,21,22)/b12-11+. The third kappa shape index (κ3) is 3.30. The van der Waals surface area contributed by atoms with Gasteiger partial charge in [-0.25, -0.2) is 4.98 Å². The number of ether oxygens (including phenoxy) is 1. The first-order valence-electron chi connectivity index (χ1n) is 7.56. The van der Waals surface area contributed by atoms with Crippen molar-refractivity contribution in [3.05, 3.63) is 60.0 Å². The molecule has 5 heteroatoms. The van der Waals surface area contributed by atoms with E-state index in [1.807, 2.05) is 43.3 Å². The molecule has 0 radical (unpaired) electrons. The van der Waals surface area contributed by atoms with Crippen LogP contribution in [-0.4, -0.2) is 18.0 Å². The first kappa shape index (κ1) is 15.8. The van der Waals surface area contributed by atoms with Crippen LogP contribution in [0.1, 0.15) is 18.4 Å². The van der Waals surface area contributed by atoms with Crippen molar-refractivity contribution in [2.45, 2.75) is 13.8 Å². The number of hydrogen-bond acceptors (Lipinski definition) is 4. The summed E-state index contributed by atoms with van der Waals surface area (Å²) in [5.41, 5.74) is 3.73. The molecule has 0 atom stereocenters. The zero-order valence-corrected chi connectivity index (χ0v) is 13.8. The van der Waals surface area contributed by atoms with Crippen LogP contribution in [0.5, 0.6) is 5.75 Å². The summed E-state index contributed by atoms with van der Waals surface area (Å²) >= 11 is 0. The maximum absolute atomic E-state index is 12.3. The van der Waals surface area contributed by atoms with Crippen molar-refractivity contribution < 1.29 is 13.9 Å². The van der Waals surface area contributed by atoms with Gasteiger partial charge in [-0.05, 0) is 42.3 Å². The Morgan fingerprint density at radius 3 is 2.67 bits per heavy atom. The maximum atomic E-state index is 12.3. The zero-order chi connectivity index (χ0) is 17.1. The molecule has 5 nitrogen and oxygen atoms in total. The van der Waals surface area contributed by atoms with E-state index in [0.29, 0.717) is 17.2 Å². The van der Waals surface area contributed by atoms with E-state index in [1.54, 1.807) is 26.2 Å². The number of fused-ring (bicyclic) bond motifs is 1. The number of benzene rings is 2. The molecule has 0 saturated carbocycles. The molecule has 0 spiro atoms. The van der Waals surface area contributed by atoms with E-state index < -0.39 is 0 Å². The number of carbonyl (C=O) groups excluding carboxylic acids is 1. The van der Waals surface area contributed by atoms with Crippen LogP contribution in [0.3, 0.4) is 0 Å². The predicted molar refractivity (Wildman–Crippen MR) is 94.0 cm³/mol. The number of para-hydroxylation sites is 1. The molecule has 122 valence electrons. The molecular weight excluding hydrogens is 304 g/mol. The third-order valence-corrected chi connectivity index (χ3v) is 3.67. The van der Waals surface area contributed by atoms with Gasteiger partial charge >= 0.3 is 0 Å². The molecule has 1 heterocycles. The number of aryl methyl sites for hydroxylation is 1. The summed E-state index contributed by atoms with van der Waals surface area (Å²) < 4.78 is 10.7. The van der Waals surface area contributed by atoms with E-state index in [1.165, 1.54) is 0 Å². The van der Waals surface area contributed by atoms with Crippen LogP contribution in [0, 0.1) is 6.92 Å². The van der Waals surface area contributed by atoms with Crippen molar-refractivity contribution in [3.63, 3.8) is 0 Å². The fourth-order valence-corrected chi connectivity index (χ4v) is 2.46. The number of carbonyl (C=O) groups is 1. The topological polar surface area (TPSA) is 64.4 Å². The summed E-state index contributed by atoms with van der Waals surface area (Å²) in [5, 5.41) is 2.85. The Bertz CT molecular complexity index is 908. The Morgan fingerprint density at radius 2 is 1.96 bits per heavy atom. The van der Waals surface area contributed by atoms with Gasteiger partial charge in [-0.3, -0.25) is 4.79 Å². The minimum absolute atomic E-state index is 0.218. The average molecular weight is 322 g/mol. The number of rotatable bonds is 4. The van der Waals surface area contributed by atoms with Gasteiger partial charge in [0.1, 0.15) is 11.3 Å². The van der Waals surface area contributed by atoms with E-state index in [4.69, 9.17) is 9.15 Å². The number of aromatic nitrogens is 1. The molecule has 1 aromatic heterocycles. The van der Waals surface area contributed by atoms with E-state index in [2.05, 4.69) is 10.3 Å². The summed E-state index contributed by atoms with van der Waals surface area (Å²) in [6, 6.07) is 13.0. The average Bonchev–Trinajstić information content (AvgIpc) is 2.96. The van der Waals surface area contributed by atoms with Crippen LogP contribution in [0.4, 0.5) is 5.69 Å². The van der Waals surface area contributed by atoms with Crippen LogP contribution in [0.15, 0.2) is 53.0 Å². The van der Waals surface area contributed by atoms with Crippen LogP contribution in [0.25, 0.3) is 16.7 Å². The molecule has 0 bridgehead atoms. The van der Waals surface area contributed by atoms with Gasteiger partial charge in [0.15, 0.2) is 11.5 Å². The van der Waals surface area contributed by atoms with Gasteiger partial charge in [0.25, 0.3) is 0 Å². The molecule has 0 aliphatic heterocycles. The summed E-state index contributed by atoms with van der Waals surface area (Å²) in [7, 11) is 1.62. The molecule has 3 rings (SSSR count). The predicted octanol–water partition coefficient (Wildman–Crippen LogP) is 4.19. The number of anilines is 1. The van der Waals surface area contributed by atoms with Gasteiger partial charge in [-0.15, -0.1) is 0 Å². The second-order valence-corrected chi connectivity index (χ2v) is 5.43. The number of hydrogen-bond donors (Lipinski definition) is 1. The lowest BCUT2D eigenvalue weighted by molar-refractivity contribution is -0.111. The normalized spacial score (nSPS) is 11.5. The number of nitrogens with zero attached hydrogens (tertiary/aromatic N) is 1. The molecule has 24 heavy (non-hydrogen) atoms. The van der Waals surface area contributed by atoms with Gasteiger partial charge < -0.3 is 14.5 Å². The highest BCUT2D eigenvalue weighted by Gasteiger charge is 2.09. The molecule has 0 saturated heterocycles. The van der Waals surface area contributed by atoms with Crippen molar-refractivity contribution >= 4 is 28.3 Å². The molecule has 2 aromatic carbocycles. The number of nitrogens with one attached hydrogen (secondary N) is 1. The van der Waals surface area contributed by atoms with Crippen molar-refractivity contribution in [2.75, 3.05) is 12.4 Å². The molecular formula is C19H18N2O3. The van der Waals surface area contributed by atoms with E-state index >= 15 is 0 Å². The molecule has 1 amide bonds. The molecule has 0 aliphatic carbocycles. The summed E-state index contributed by atoms with van der Waals surface area (Å²) in [4.78, 5) is 16.6. The van der Waals surface area contributed by atoms with Gasteiger partial charge in [0, 0.05) is 13.0 Å². The number of methoxy groups -OCH3 is 1. The highest BCUT2D eigenvalue weighted by atomic mass is 16.5. The molecule has 0 fully saturated rings. The first-order valence-corrected chi connectivity index (χ1v) is 7.56. The van der Waals surface area contributed by atoms with Gasteiger partial charge in [-0.1, -0.05) is 18.2 Å². The minimum Gasteiger partial charge on any atom is -0.497 e. The second kappa shape index (κ2) is 6.58. The third-order valence-electron chi connectivity index (χ3n) is 3.67. The van der Waals surface area contributed by atoms with E-state index in [9.17, 15) is 4.79 Å². The lowest BCUT2D eigenvalue weighted by Crippen LogP contribution is -2.08. The van der Waals surface area contributed by atoms with E-state index in [-0.39, 0.29) is 5.91 Å². The van der Waals surface area contributed by atoms with Crippen molar-refractivity contribution in [1.82, 2.24) is 4.98 Å². The Balaban J connectivity index is 1.80. The fourth-order valence-electron chi connectivity index (χ4n) is 2.46. The lowest BCUT2D eigenvalue weighted by Gasteiger charge is -2.05. The maximum Gasteiger partial charge on any atom is 0.248 e. The van der Waals surface area contributed by atoms with Crippen LogP contribution < -0.4 is 10.1 Å². The lowest BCUT2D eigenvalue weighted by atomic mass is 10.1. The van der Waals surface area contributed by atoms with E-state index in [0.717, 1.165) is 22.4 Å².